The maximum Gasteiger partial charge on any atom is 0.407 e. The van der Waals surface area contributed by atoms with Crippen molar-refractivity contribution in [3.63, 3.8) is 0 Å². The van der Waals surface area contributed by atoms with Gasteiger partial charge in [0.15, 0.2) is 0 Å². The highest BCUT2D eigenvalue weighted by molar-refractivity contribution is 5.65. The quantitative estimate of drug-likeness (QED) is 0.826. The second-order valence-electron chi connectivity index (χ2n) is 4.78. The summed E-state index contributed by atoms with van der Waals surface area (Å²) in [5.74, 6) is 0.392. The summed E-state index contributed by atoms with van der Waals surface area (Å²) >= 11 is 0. The minimum Gasteiger partial charge on any atom is -0.465 e. The number of hydrogen-bond acceptors (Lipinski definition) is 2. The zero-order chi connectivity index (χ0) is 13.1. The largest absolute Gasteiger partial charge is 0.465 e. The number of carboxylic acid groups (broad SMARTS) is 1. The minimum atomic E-state index is -0.833. The van der Waals surface area contributed by atoms with Crippen LogP contribution in [0.25, 0.3) is 0 Å². The number of amides is 1. The lowest BCUT2D eigenvalue weighted by molar-refractivity contribution is 0.107. The van der Waals surface area contributed by atoms with Crippen LogP contribution >= 0.6 is 0 Å². The molecular weight excluding hydrogens is 228 g/mol. The lowest BCUT2D eigenvalue weighted by Crippen LogP contribution is -2.43. The number of nitrogens with zero attached hydrogens (tertiary/aromatic N) is 2. The summed E-state index contributed by atoms with van der Waals surface area (Å²) in [6, 6.07) is 9.76. The Kier molecular flexibility index (Phi) is 3.52. The van der Waals surface area contributed by atoms with Gasteiger partial charge >= 0.3 is 6.09 Å². The SMILES string of the molecule is CC1CC(c2ccc(C#N)cc2)CCN1C(=O)O. The van der Waals surface area contributed by atoms with Crippen LogP contribution in [0.1, 0.15) is 36.8 Å². The van der Waals surface area contributed by atoms with Crippen molar-refractivity contribution < 1.29 is 9.90 Å². The molecule has 4 nitrogen and oxygen atoms in total. The molecule has 0 radical (unpaired) electrons. The first kappa shape index (κ1) is 12.4. The molecule has 1 aliphatic heterocycles. The van der Waals surface area contributed by atoms with Crippen LogP contribution in [0.2, 0.25) is 0 Å². The molecule has 1 amide bonds. The molecule has 4 heteroatoms. The Morgan fingerprint density at radius 1 is 1.44 bits per heavy atom. The number of piperidine rings is 1. The van der Waals surface area contributed by atoms with E-state index in [9.17, 15) is 4.79 Å². The van der Waals surface area contributed by atoms with Crippen LogP contribution in [0.4, 0.5) is 4.79 Å². The second-order valence-corrected chi connectivity index (χ2v) is 4.78. The van der Waals surface area contributed by atoms with Crippen molar-refractivity contribution in [2.75, 3.05) is 6.54 Å². The molecule has 1 N–H and O–H groups in total. The highest BCUT2D eigenvalue weighted by atomic mass is 16.4. The van der Waals surface area contributed by atoms with E-state index < -0.39 is 6.09 Å². The summed E-state index contributed by atoms with van der Waals surface area (Å²) in [6.07, 6.45) is 0.863. The van der Waals surface area contributed by atoms with Crippen molar-refractivity contribution in [3.05, 3.63) is 35.4 Å². The molecule has 1 heterocycles. The van der Waals surface area contributed by atoms with E-state index in [4.69, 9.17) is 10.4 Å². The number of rotatable bonds is 1. The van der Waals surface area contributed by atoms with Crippen LogP contribution < -0.4 is 0 Å². The first-order chi connectivity index (χ1) is 8.61. The van der Waals surface area contributed by atoms with Gasteiger partial charge in [-0.2, -0.15) is 5.26 Å². The van der Waals surface area contributed by atoms with Crippen molar-refractivity contribution >= 4 is 6.09 Å². The van der Waals surface area contributed by atoms with Crippen LogP contribution in [0.3, 0.4) is 0 Å². The summed E-state index contributed by atoms with van der Waals surface area (Å²) in [5, 5.41) is 17.8. The third-order valence-corrected chi connectivity index (χ3v) is 3.63. The van der Waals surface area contributed by atoms with Crippen LogP contribution in [0.5, 0.6) is 0 Å². The van der Waals surface area contributed by atoms with E-state index >= 15 is 0 Å². The van der Waals surface area contributed by atoms with Crippen LogP contribution in [-0.4, -0.2) is 28.7 Å². The molecule has 0 aliphatic carbocycles. The Balaban J connectivity index is 2.08. The maximum absolute atomic E-state index is 11.0. The van der Waals surface area contributed by atoms with Crippen molar-refractivity contribution in [1.29, 1.82) is 5.26 Å². The summed E-state index contributed by atoms with van der Waals surface area (Å²) in [7, 11) is 0. The van der Waals surface area contributed by atoms with E-state index in [2.05, 4.69) is 6.07 Å². The summed E-state index contributed by atoms with van der Waals surface area (Å²) in [6.45, 7) is 2.53. The molecular formula is C14H16N2O2. The van der Waals surface area contributed by atoms with E-state index in [1.54, 1.807) is 0 Å². The Bertz CT molecular complexity index is 476. The van der Waals surface area contributed by atoms with Crippen LogP contribution in [-0.2, 0) is 0 Å². The lowest BCUT2D eigenvalue weighted by atomic mass is 9.86. The summed E-state index contributed by atoms with van der Waals surface area (Å²) in [4.78, 5) is 12.5. The average Bonchev–Trinajstić information content (AvgIpc) is 2.38. The van der Waals surface area contributed by atoms with Gasteiger partial charge in [-0.15, -0.1) is 0 Å². The molecule has 2 unspecified atom stereocenters. The van der Waals surface area contributed by atoms with Crippen LogP contribution in [0.15, 0.2) is 24.3 Å². The second kappa shape index (κ2) is 5.09. The van der Waals surface area contributed by atoms with E-state index in [1.165, 1.54) is 10.5 Å². The molecule has 1 aromatic rings. The molecule has 94 valence electrons. The van der Waals surface area contributed by atoms with Gasteiger partial charge in [0, 0.05) is 12.6 Å². The number of carbonyl (C=O) groups is 1. The van der Waals surface area contributed by atoms with Gasteiger partial charge in [-0.3, -0.25) is 0 Å². The van der Waals surface area contributed by atoms with Gasteiger partial charge in [-0.1, -0.05) is 12.1 Å². The molecule has 0 spiro atoms. The molecule has 1 aliphatic rings. The molecule has 2 atom stereocenters. The van der Waals surface area contributed by atoms with Gasteiger partial charge in [0.05, 0.1) is 11.6 Å². The van der Waals surface area contributed by atoms with Gasteiger partial charge < -0.3 is 10.0 Å². The third-order valence-electron chi connectivity index (χ3n) is 3.63. The number of hydrogen-bond donors (Lipinski definition) is 1. The van der Waals surface area contributed by atoms with Crippen molar-refractivity contribution in [1.82, 2.24) is 4.90 Å². The predicted octanol–water partition coefficient (Wildman–Crippen LogP) is 2.80. The van der Waals surface area contributed by atoms with Gasteiger partial charge in [0.25, 0.3) is 0 Å². The number of benzene rings is 1. The first-order valence-corrected chi connectivity index (χ1v) is 6.11. The van der Waals surface area contributed by atoms with Crippen molar-refractivity contribution in [3.8, 4) is 6.07 Å². The monoisotopic (exact) mass is 244 g/mol. The molecule has 1 fully saturated rings. The number of nitriles is 1. The fraction of sp³-hybridized carbons (Fsp3) is 0.429. The Morgan fingerprint density at radius 2 is 2.11 bits per heavy atom. The van der Waals surface area contributed by atoms with E-state index in [0.29, 0.717) is 18.0 Å². The molecule has 0 bridgehead atoms. The number of likely N-dealkylation sites (tertiary alicyclic amines) is 1. The smallest absolute Gasteiger partial charge is 0.407 e. The zero-order valence-corrected chi connectivity index (χ0v) is 10.3. The normalized spacial score (nSPS) is 23.4. The fourth-order valence-corrected chi connectivity index (χ4v) is 2.59. The molecule has 1 saturated heterocycles. The fourth-order valence-electron chi connectivity index (χ4n) is 2.59. The van der Waals surface area contributed by atoms with Gasteiger partial charge in [-0.05, 0) is 43.4 Å². The first-order valence-electron chi connectivity index (χ1n) is 6.11. The lowest BCUT2D eigenvalue weighted by Gasteiger charge is -2.36. The predicted molar refractivity (Wildman–Crippen MR) is 67.3 cm³/mol. The Morgan fingerprint density at radius 3 is 2.61 bits per heavy atom. The van der Waals surface area contributed by atoms with Gasteiger partial charge in [0.2, 0.25) is 0 Å². The maximum atomic E-state index is 11.0. The zero-order valence-electron chi connectivity index (χ0n) is 10.3. The van der Waals surface area contributed by atoms with Crippen molar-refractivity contribution in [2.45, 2.75) is 31.7 Å². The average molecular weight is 244 g/mol. The topological polar surface area (TPSA) is 64.3 Å². The minimum absolute atomic E-state index is 0.0527. The third kappa shape index (κ3) is 2.45. The van der Waals surface area contributed by atoms with E-state index in [0.717, 1.165) is 12.8 Å². The van der Waals surface area contributed by atoms with Gasteiger partial charge in [0.1, 0.15) is 0 Å². The molecule has 18 heavy (non-hydrogen) atoms. The Labute approximate surface area is 106 Å². The summed E-state index contributed by atoms with van der Waals surface area (Å²) < 4.78 is 0. The standard InChI is InChI=1S/C14H16N2O2/c1-10-8-13(6-7-16(10)14(17)18)12-4-2-11(9-15)3-5-12/h2-5,10,13H,6-8H2,1H3,(H,17,18). The molecule has 2 rings (SSSR count). The molecule has 1 aromatic carbocycles. The molecule has 0 saturated carbocycles. The van der Waals surface area contributed by atoms with Crippen molar-refractivity contribution in [2.24, 2.45) is 0 Å². The van der Waals surface area contributed by atoms with Crippen LogP contribution in [0, 0.1) is 11.3 Å². The summed E-state index contributed by atoms with van der Waals surface area (Å²) in [5.41, 5.74) is 1.86. The highest BCUT2D eigenvalue weighted by Crippen LogP contribution is 2.31. The highest BCUT2D eigenvalue weighted by Gasteiger charge is 2.29. The van der Waals surface area contributed by atoms with Gasteiger partial charge in [-0.25, -0.2) is 4.79 Å². The van der Waals surface area contributed by atoms with E-state index in [1.807, 2.05) is 31.2 Å². The Hall–Kier alpha value is -2.02. The van der Waals surface area contributed by atoms with E-state index in [-0.39, 0.29) is 6.04 Å². The molecule has 0 aromatic heterocycles.